The summed E-state index contributed by atoms with van der Waals surface area (Å²) in [7, 11) is 0. The topological polar surface area (TPSA) is 64.9 Å². The minimum Gasteiger partial charge on any atom is -0.386 e. The van der Waals surface area contributed by atoms with Gasteiger partial charge >= 0.3 is 0 Å². The van der Waals surface area contributed by atoms with Gasteiger partial charge in [-0.3, -0.25) is 4.79 Å². The smallest absolute Gasteiger partial charge is 0.263 e. The molecule has 1 atom stereocenters. The Kier molecular flexibility index (Phi) is 4.95. The molecule has 0 aliphatic heterocycles. The van der Waals surface area contributed by atoms with Crippen LogP contribution in [0.15, 0.2) is 42.1 Å². The number of amides is 1. The maximum absolute atomic E-state index is 12.7. The molecule has 27 heavy (non-hydrogen) atoms. The molecule has 4 heteroatoms. The zero-order valence-electron chi connectivity index (χ0n) is 16.1. The molecule has 142 valence electrons. The summed E-state index contributed by atoms with van der Waals surface area (Å²) < 4.78 is 0. The van der Waals surface area contributed by atoms with E-state index in [1.54, 1.807) is 6.20 Å². The molecule has 1 aromatic carbocycles. The van der Waals surface area contributed by atoms with E-state index in [1.807, 2.05) is 30.3 Å². The van der Waals surface area contributed by atoms with E-state index in [-0.39, 0.29) is 22.9 Å². The van der Waals surface area contributed by atoms with Crippen LogP contribution in [0.5, 0.6) is 0 Å². The highest BCUT2D eigenvalue weighted by Crippen LogP contribution is 2.61. The minimum atomic E-state index is -0.249. The molecule has 4 aliphatic rings. The second-order valence-corrected chi connectivity index (χ2v) is 9.01. The van der Waals surface area contributed by atoms with Crippen LogP contribution in [-0.2, 0) is 11.3 Å². The summed E-state index contributed by atoms with van der Waals surface area (Å²) in [6.45, 7) is 2.75. The fraction of sp³-hybridized carbons (Fsp3) is 0.565. The quantitative estimate of drug-likeness (QED) is 0.595. The summed E-state index contributed by atoms with van der Waals surface area (Å²) in [6, 6.07) is 12.1. The molecule has 1 aromatic rings. The van der Waals surface area contributed by atoms with E-state index in [0.29, 0.717) is 6.54 Å². The average Bonchev–Trinajstić information content (AvgIpc) is 2.65. The summed E-state index contributed by atoms with van der Waals surface area (Å²) in [5.41, 5.74) is 1.53. The molecule has 0 saturated heterocycles. The van der Waals surface area contributed by atoms with Crippen molar-refractivity contribution >= 4 is 5.91 Å². The van der Waals surface area contributed by atoms with E-state index < -0.39 is 0 Å². The highest BCUT2D eigenvalue weighted by atomic mass is 16.1. The molecular weight excluding hydrogens is 334 g/mol. The number of hydrogen-bond donors (Lipinski definition) is 2. The van der Waals surface area contributed by atoms with Crippen LogP contribution in [-0.4, -0.2) is 11.9 Å². The molecule has 0 heterocycles. The molecule has 4 fully saturated rings. The first kappa shape index (κ1) is 18.1. The van der Waals surface area contributed by atoms with Gasteiger partial charge in [-0.25, -0.2) is 0 Å². The van der Waals surface area contributed by atoms with Gasteiger partial charge in [0.25, 0.3) is 5.91 Å². The first-order chi connectivity index (χ1) is 13.1. The second-order valence-electron chi connectivity index (χ2n) is 9.01. The molecule has 0 radical (unpaired) electrons. The molecule has 4 bridgehead atoms. The van der Waals surface area contributed by atoms with Gasteiger partial charge in [0.2, 0.25) is 0 Å². The summed E-state index contributed by atoms with van der Waals surface area (Å²) >= 11 is 0. The Morgan fingerprint density at radius 3 is 2.33 bits per heavy atom. The minimum absolute atomic E-state index is 0.129. The number of carbonyl (C=O) groups excluding carboxylic acids is 1. The molecule has 0 aromatic heterocycles. The molecule has 4 saturated carbocycles. The predicted molar refractivity (Wildman–Crippen MR) is 105 cm³/mol. The van der Waals surface area contributed by atoms with Gasteiger partial charge in [0.1, 0.15) is 11.6 Å². The molecule has 4 aliphatic carbocycles. The highest BCUT2D eigenvalue weighted by molar-refractivity contribution is 5.97. The standard InChI is InChI=1S/C23H29N3O/c1-16(23-10-18-7-19(11-23)9-20(8-18)12-23)26-22(27)21(13-24)15-25-14-17-5-3-2-4-6-17/h2-6,15-16,18-20,25H,7-12,14H2,1H3,(H,26,27)/b21-15-. The lowest BCUT2D eigenvalue weighted by molar-refractivity contribution is -0.122. The molecule has 1 amide bonds. The van der Waals surface area contributed by atoms with Crippen LogP contribution in [0.25, 0.3) is 0 Å². The van der Waals surface area contributed by atoms with Crippen molar-refractivity contribution in [3.05, 3.63) is 47.7 Å². The zero-order valence-corrected chi connectivity index (χ0v) is 16.1. The van der Waals surface area contributed by atoms with Gasteiger partial charge in [0, 0.05) is 18.8 Å². The van der Waals surface area contributed by atoms with E-state index in [4.69, 9.17) is 0 Å². The van der Waals surface area contributed by atoms with E-state index >= 15 is 0 Å². The van der Waals surface area contributed by atoms with Gasteiger partial charge in [-0.15, -0.1) is 0 Å². The third-order valence-corrected chi connectivity index (χ3v) is 7.11. The largest absolute Gasteiger partial charge is 0.386 e. The number of hydrogen-bond acceptors (Lipinski definition) is 3. The maximum Gasteiger partial charge on any atom is 0.263 e. The summed E-state index contributed by atoms with van der Waals surface area (Å²) in [4.78, 5) is 12.7. The Labute approximate surface area is 162 Å². The Bertz CT molecular complexity index is 726. The van der Waals surface area contributed by atoms with Gasteiger partial charge < -0.3 is 10.6 Å². The number of rotatable bonds is 6. The van der Waals surface area contributed by atoms with E-state index in [1.165, 1.54) is 38.5 Å². The van der Waals surface area contributed by atoms with Gasteiger partial charge in [0.15, 0.2) is 0 Å². The van der Waals surface area contributed by atoms with Gasteiger partial charge in [-0.05, 0) is 74.2 Å². The highest BCUT2D eigenvalue weighted by Gasteiger charge is 2.53. The lowest BCUT2D eigenvalue weighted by Gasteiger charge is -2.59. The van der Waals surface area contributed by atoms with Crippen molar-refractivity contribution in [3.8, 4) is 6.07 Å². The van der Waals surface area contributed by atoms with Crippen molar-refractivity contribution in [2.45, 2.75) is 58.0 Å². The van der Waals surface area contributed by atoms with Crippen molar-refractivity contribution in [3.63, 3.8) is 0 Å². The van der Waals surface area contributed by atoms with E-state index in [9.17, 15) is 10.1 Å². The van der Waals surface area contributed by atoms with Crippen LogP contribution >= 0.6 is 0 Å². The van der Waals surface area contributed by atoms with E-state index in [2.05, 4.69) is 23.6 Å². The number of nitriles is 1. The lowest BCUT2D eigenvalue weighted by Crippen LogP contribution is -2.56. The fourth-order valence-corrected chi connectivity index (χ4v) is 6.15. The molecule has 4 nitrogen and oxygen atoms in total. The summed E-state index contributed by atoms with van der Waals surface area (Å²) in [6.07, 6.45) is 9.48. The predicted octanol–water partition coefficient (Wildman–Crippen LogP) is 3.90. The Hall–Kier alpha value is -2.28. The molecule has 5 rings (SSSR count). The zero-order chi connectivity index (χ0) is 18.9. The molecule has 0 spiro atoms. The van der Waals surface area contributed by atoms with Gasteiger partial charge in [-0.1, -0.05) is 30.3 Å². The monoisotopic (exact) mass is 363 g/mol. The maximum atomic E-state index is 12.7. The summed E-state index contributed by atoms with van der Waals surface area (Å²) in [5.74, 6) is 2.32. The first-order valence-corrected chi connectivity index (χ1v) is 10.3. The molecular formula is C23H29N3O. The third-order valence-electron chi connectivity index (χ3n) is 7.11. The van der Waals surface area contributed by atoms with Gasteiger partial charge in [-0.2, -0.15) is 5.26 Å². The SMILES string of the molecule is CC(NC(=O)/C(C#N)=C\NCc1ccccc1)C12CC3CC(CC(C3)C1)C2. The van der Waals surface area contributed by atoms with Crippen LogP contribution in [0, 0.1) is 34.5 Å². The Morgan fingerprint density at radius 2 is 1.78 bits per heavy atom. The fourth-order valence-electron chi connectivity index (χ4n) is 6.15. The number of nitrogens with zero attached hydrogens (tertiary/aromatic N) is 1. The normalized spacial score (nSPS) is 32.6. The van der Waals surface area contributed by atoms with Crippen molar-refractivity contribution in [1.82, 2.24) is 10.6 Å². The lowest BCUT2D eigenvalue weighted by atomic mass is 9.48. The molecule has 2 N–H and O–H groups in total. The number of carbonyl (C=O) groups is 1. The Morgan fingerprint density at radius 1 is 1.19 bits per heavy atom. The number of nitrogens with one attached hydrogen (secondary N) is 2. The van der Waals surface area contributed by atoms with Crippen molar-refractivity contribution in [1.29, 1.82) is 5.26 Å². The average molecular weight is 364 g/mol. The van der Waals surface area contributed by atoms with Crippen molar-refractivity contribution in [2.75, 3.05) is 0 Å². The van der Waals surface area contributed by atoms with Crippen LogP contribution in [0.3, 0.4) is 0 Å². The van der Waals surface area contributed by atoms with Gasteiger partial charge in [0.05, 0.1) is 0 Å². The number of benzene rings is 1. The summed E-state index contributed by atoms with van der Waals surface area (Å²) in [5, 5.41) is 15.7. The third kappa shape index (κ3) is 3.74. The second kappa shape index (κ2) is 7.38. The van der Waals surface area contributed by atoms with Crippen LogP contribution < -0.4 is 10.6 Å². The van der Waals surface area contributed by atoms with Crippen LogP contribution in [0.2, 0.25) is 0 Å². The van der Waals surface area contributed by atoms with Crippen molar-refractivity contribution < 1.29 is 4.79 Å². The molecule has 1 unspecified atom stereocenters. The van der Waals surface area contributed by atoms with Crippen LogP contribution in [0.4, 0.5) is 0 Å². The Balaban J connectivity index is 1.37. The van der Waals surface area contributed by atoms with Crippen LogP contribution in [0.1, 0.15) is 51.0 Å². The van der Waals surface area contributed by atoms with E-state index in [0.717, 1.165) is 23.3 Å². The first-order valence-electron chi connectivity index (χ1n) is 10.3. The van der Waals surface area contributed by atoms with Crippen molar-refractivity contribution in [2.24, 2.45) is 23.2 Å².